The van der Waals surface area contributed by atoms with Crippen LogP contribution < -0.4 is 0 Å². The van der Waals surface area contributed by atoms with E-state index in [1.165, 1.54) is 0 Å². The number of fused-ring (bicyclic) bond motifs is 1. The maximum Gasteiger partial charge on any atom is 0.257 e. The Morgan fingerprint density at radius 3 is 2.81 bits per heavy atom. The summed E-state index contributed by atoms with van der Waals surface area (Å²) >= 11 is 6.00. The minimum absolute atomic E-state index is 0.129. The molecule has 4 rings (SSSR count). The number of nitrogens with one attached hydrogen (secondary N) is 2. The van der Waals surface area contributed by atoms with E-state index >= 15 is 0 Å². The third-order valence-electron chi connectivity index (χ3n) is 4.16. The Hall–Kier alpha value is -3.12. The fraction of sp³-hybridized carbons (Fsp3) is 0.105. The first kappa shape index (κ1) is 16.4. The molecule has 0 saturated heterocycles. The van der Waals surface area contributed by atoms with E-state index in [1.807, 2.05) is 42.5 Å². The van der Waals surface area contributed by atoms with E-state index in [-0.39, 0.29) is 5.91 Å². The van der Waals surface area contributed by atoms with Crippen molar-refractivity contribution in [2.24, 2.45) is 0 Å². The number of rotatable bonds is 4. The number of aromatic nitrogens is 4. The van der Waals surface area contributed by atoms with Gasteiger partial charge in [-0.3, -0.25) is 9.89 Å². The zero-order valence-electron chi connectivity index (χ0n) is 14.0. The summed E-state index contributed by atoms with van der Waals surface area (Å²) in [6, 6.07) is 15.1. The van der Waals surface area contributed by atoms with Crippen molar-refractivity contribution >= 4 is 28.5 Å². The average Bonchev–Trinajstić information content (AvgIpc) is 3.27. The Balaban J connectivity index is 1.57. The topological polar surface area (TPSA) is 77.7 Å². The van der Waals surface area contributed by atoms with Crippen molar-refractivity contribution in [2.75, 3.05) is 7.05 Å². The van der Waals surface area contributed by atoms with Crippen molar-refractivity contribution in [1.29, 1.82) is 0 Å². The van der Waals surface area contributed by atoms with Crippen LogP contribution in [-0.2, 0) is 6.54 Å². The molecule has 0 aliphatic carbocycles. The summed E-state index contributed by atoms with van der Waals surface area (Å²) in [4.78, 5) is 22.2. The number of imidazole rings is 1. The number of hydrogen-bond acceptors (Lipinski definition) is 3. The largest absolute Gasteiger partial charge is 0.340 e. The van der Waals surface area contributed by atoms with E-state index in [4.69, 9.17) is 11.6 Å². The molecule has 0 bridgehead atoms. The van der Waals surface area contributed by atoms with Crippen LogP contribution >= 0.6 is 11.6 Å². The fourth-order valence-electron chi connectivity index (χ4n) is 2.88. The van der Waals surface area contributed by atoms with Gasteiger partial charge >= 0.3 is 0 Å². The number of carbonyl (C=O) groups is 1. The third kappa shape index (κ3) is 3.07. The second-order valence-corrected chi connectivity index (χ2v) is 6.47. The van der Waals surface area contributed by atoms with Crippen LogP contribution in [0.4, 0.5) is 0 Å². The van der Waals surface area contributed by atoms with Gasteiger partial charge < -0.3 is 9.88 Å². The first-order valence-corrected chi connectivity index (χ1v) is 8.48. The lowest BCUT2D eigenvalue weighted by atomic mass is 10.1. The van der Waals surface area contributed by atoms with Crippen LogP contribution in [0.2, 0.25) is 5.02 Å². The quantitative estimate of drug-likeness (QED) is 0.576. The number of carbonyl (C=O) groups excluding carboxylic acids is 1. The summed E-state index contributed by atoms with van der Waals surface area (Å²) in [6.07, 6.45) is 1.56. The van der Waals surface area contributed by atoms with Gasteiger partial charge in [-0.1, -0.05) is 41.9 Å². The van der Waals surface area contributed by atoms with Crippen LogP contribution in [0, 0.1) is 0 Å². The monoisotopic (exact) mass is 365 g/mol. The van der Waals surface area contributed by atoms with Crippen LogP contribution in [0.5, 0.6) is 0 Å². The predicted molar refractivity (Wildman–Crippen MR) is 101 cm³/mol. The second-order valence-electron chi connectivity index (χ2n) is 6.03. The molecular formula is C19H16ClN5O. The molecule has 0 aliphatic rings. The summed E-state index contributed by atoms with van der Waals surface area (Å²) in [5.41, 5.74) is 3.82. The predicted octanol–water partition coefficient (Wildman–Crippen LogP) is 3.88. The minimum atomic E-state index is -0.129. The Labute approximate surface area is 154 Å². The van der Waals surface area contributed by atoms with E-state index in [0.717, 1.165) is 16.6 Å². The minimum Gasteiger partial charge on any atom is -0.340 e. The molecule has 0 radical (unpaired) electrons. The Morgan fingerprint density at radius 1 is 1.19 bits per heavy atom. The fourth-order valence-corrected chi connectivity index (χ4v) is 3.06. The van der Waals surface area contributed by atoms with Crippen molar-refractivity contribution in [2.45, 2.75) is 6.54 Å². The molecule has 26 heavy (non-hydrogen) atoms. The van der Waals surface area contributed by atoms with Crippen LogP contribution in [-0.4, -0.2) is 38.0 Å². The van der Waals surface area contributed by atoms with Gasteiger partial charge in [0.1, 0.15) is 5.82 Å². The molecule has 2 heterocycles. The third-order valence-corrected chi connectivity index (χ3v) is 4.39. The lowest BCUT2D eigenvalue weighted by molar-refractivity contribution is 0.0783. The molecule has 2 aromatic heterocycles. The number of H-pyrrole nitrogens is 2. The Kier molecular flexibility index (Phi) is 4.18. The molecule has 0 spiro atoms. The lowest BCUT2D eigenvalue weighted by Crippen LogP contribution is -2.26. The van der Waals surface area contributed by atoms with Crippen molar-refractivity contribution in [3.8, 4) is 11.3 Å². The van der Waals surface area contributed by atoms with E-state index in [1.54, 1.807) is 24.2 Å². The Bertz CT molecular complexity index is 1070. The van der Waals surface area contributed by atoms with E-state index in [2.05, 4.69) is 20.2 Å². The molecule has 0 atom stereocenters. The van der Waals surface area contributed by atoms with E-state index < -0.39 is 0 Å². The number of aromatic amines is 2. The molecule has 0 unspecified atom stereocenters. The molecule has 2 N–H and O–H groups in total. The molecule has 7 heteroatoms. The van der Waals surface area contributed by atoms with Crippen LogP contribution in [0.1, 0.15) is 16.2 Å². The standard InChI is InChI=1S/C19H16ClN5O/c1-25(11-17-22-15-8-7-13(20)9-16(15)23-17)19(26)14-10-21-24-18(14)12-5-3-2-4-6-12/h2-10H,11H2,1H3,(H,21,24)(H,22,23). The maximum absolute atomic E-state index is 12.9. The molecular weight excluding hydrogens is 350 g/mol. The lowest BCUT2D eigenvalue weighted by Gasteiger charge is -2.15. The Morgan fingerprint density at radius 2 is 2.00 bits per heavy atom. The van der Waals surface area contributed by atoms with Crippen molar-refractivity contribution in [3.63, 3.8) is 0 Å². The number of hydrogen-bond donors (Lipinski definition) is 2. The molecule has 6 nitrogen and oxygen atoms in total. The molecule has 130 valence electrons. The zero-order valence-corrected chi connectivity index (χ0v) is 14.8. The first-order chi connectivity index (χ1) is 12.6. The van der Waals surface area contributed by atoms with Gasteiger partial charge in [0.2, 0.25) is 0 Å². The van der Waals surface area contributed by atoms with Gasteiger partial charge in [0.05, 0.1) is 35.0 Å². The number of benzene rings is 2. The van der Waals surface area contributed by atoms with Gasteiger partial charge in [0.25, 0.3) is 5.91 Å². The molecule has 0 saturated carbocycles. The average molecular weight is 366 g/mol. The zero-order chi connectivity index (χ0) is 18.1. The van der Waals surface area contributed by atoms with Crippen LogP contribution in [0.3, 0.4) is 0 Å². The number of nitrogens with zero attached hydrogens (tertiary/aromatic N) is 3. The van der Waals surface area contributed by atoms with Crippen molar-refractivity contribution < 1.29 is 4.79 Å². The summed E-state index contributed by atoms with van der Waals surface area (Å²) < 4.78 is 0. The highest BCUT2D eigenvalue weighted by Gasteiger charge is 2.20. The highest BCUT2D eigenvalue weighted by atomic mass is 35.5. The van der Waals surface area contributed by atoms with Gasteiger partial charge in [-0.15, -0.1) is 0 Å². The van der Waals surface area contributed by atoms with Crippen molar-refractivity contribution in [1.82, 2.24) is 25.1 Å². The second kappa shape index (κ2) is 6.65. The van der Waals surface area contributed by atoms with Gasteiger partial charge in [-0.2, -0.15) is 5.10 Å². The molecule has 0 fully saturated rings. The first-order valence-electron chi connectivity index (χ1n) is 8.10. The highest BCUT2D eigenvalue weighted by Crippen LogP contribution is 2.22. The summed E-state index contributed by atoms with van der Waals surface area (Å²) in [7, 11) is 1.74. The van der Waals surface area contributed by atoms with E-state index in [0.29, 0.717) is 28.6 Å². The number of halogens is 1. The summed E-state index contributed by atoms with van der Waals surface area (Å²) in [6.45, 7) is 0.352. The van der Waals surface area contributed by atoms with Crippen molar-refractivity contribution in [3.05, 3.63) is 71.1 Å². The maximum atomic E-state index is 12.9. The molecule has 1 amide bonds. The normalized spacial score (nSPS) is 11.0. The van der Waals surface area contributed by atoms with E-state index in [9.17, 15) is 4.79 Å². The molecule has 2 aromatic carbocycles. The van der Waals surface area contributed by atoms with Crippen LogP contribution in [0.15, 0.2) is 54.7 Å². The van der Waals surface area contributed by atoms with Gasteiger partial charge in [0, 0.05) is 17.6 Å². The summed E-state index contributed by atoms with van der Waals surface area (Å²) in [5, 5.41) is 7.60. The van der Waals surface area contributed by atoms with Gasteiger partial charge in [0.15, 0.2) is 0 Å². The highest BCUT2D eigenvalue weighted by molar-refractivity contribution is 6.31. The smallest absolute Gasteiger partial charge is 0.257 e. The van der Waals surface area contributed by atoms with Gasteiger partial charge in [-0.25, -0.2) is 4.98 Å². The van der Waals surface area contributed by atoms with Gasteiger partial charge in [-0.05, 0) is 18.2 Å². The van der Waals surface area contributed by atoms with Crippen LogP contribution in [0.25, 0.3) is 22.3 Å². The molecule has 4 aromatic rings. The summed E-state index contributed by atoms with van der Waals surface area (Å²) in [5.74, 6) is 0.568. The number of amides is 1. The molecule has 0 aliphatic heterocycles. The SMILES string of the molecule is CN(Cc1nc2ccc(Cl)cc2[nH]1)C(=O)c1cn[nH]c1-c1ccccc1.